The van der Waals surface area contributed by atoms with Crippen LogP contribution in [0.3, 0.4) is 0 Å². The first-order valence-electron chi connectivity index (χ1n) is 8.53. The second kappa shape index (κ2) is 8.94. The summed E-state index contributed by atoms with van der Waals surface area (Å²) in [6, 6.07) is 15.8. The van der Waals surface area contributed by atoms with E-state index >= 15 is 0 Å². The van der Waals surface area contributed by atoms with Gasteiger partial charge in [-0.15, -0.1) is 10.2 Å². The molecule has 0 aliphatic carbocycles. The van der Waals surface area contributed by atoms with E-state index in [2.05, 4.69) is 15.5 Å². The molecule has 1 aromatic heterocycles. The summed E-state index contributed by atoms with van der Waals surface area (Å²) in [7, 11) is -3.22. The maximum absolute atomic E-state index is 12.0. The van der Waals surface area contributed by atoms with Gasteiger partial charge in [0.05, 0.1) is 11.5 Å². The summed E-state index contributed by atoms with van der Waals surface area (Å²) in [5.74, 6) is 0.399. The highest BCUT2D eigenvalue weighted by molar-refractivity contribution is 7.90. The molecule has 28 heavy (non-hydrogen) atoms. The van der Waals surface area contributed by atoms with Crippen LogP contribution in [-0.4, -0.2) is 37.4 Å². The lowest BCUT2D eigenvalue weighted by atomic mass is 10.2. The van der Waals surface area contributed by atoms with Gasteiger partial charge in [0, 0.05) is 18.2 Å². The molecule has 3 aromatic rings. The second-order valence-corrected chi connectivity index (χ2v) is 9.02. The zero-order chi connectivity index (χ0) is 20.0. The maximum atomic E-state index is 12.0. The summed E-state index contributed by atoms with van der Waals surface area (Å²) >= 11 is 1.32. The molecule has 0 aliphatic rings. The fourth-order valence-corrected chi connectivity index (χ4v) is 3.75. The number of nitrogens with zero attached hydrogens (tertiary/aromatic N) is 2. The van der Waals surface area contributed by atoms with Crippen LogP contribution in [0.5, 0.6) is 5.75 Å². The van der Waals surface area contributed by atoms with Crippen molar-refractivity contribution in [1.29, 1.82) is 0 Å². The molecule has 0 atom stereocenters. The molecule has 0 bridgehead atoms. The van der Waals surface area contributed by atoms with Crippen molar-refractivity contribution in [3.63, 3.8) is 0 Å². The third-order valence-electron chi connectivity index (χ3n) is 3.76. The summed E-state index contributed by atoms with van der Waals surface area (Å²) in [4.78, 5) is 12.3. The van der Waals surface area contributed by atoms with Crippen molar-refractivity contribution in [3.05, 3.63) is 54.6 Å². The third-order valence-corrected chi connectivity index (χ3v) is 5.78. The Balaban J connectivity index is 1.42. The van der Waals surface area contributed by atoms with Gasteiger partial charge in [-0.3, -0.25) is 4.79 Å². The number of aromatic nitrogens is 2. The highest BCUT2D eigenvalue weighted by atomic mass is 32.2. The Morgan fingerprint density at radius 2 is 1.79 bits per heavy atom. The molecule has 7 nitrogen and oxygen atoms in total. The Labute approximate surface area is 167 Å². The molecule has 2 aromatic carbocycles. The van der Waals surface area contributed by atoms with E-state index in [4.69, 9.17) is 4.74 Å². The summed E-state index contributed by atoms with van der Waals surface area (Å²) in [5.41, 5.74) is 0.954. The van der Waals surface area contributed by atoms with Crippen LogP contribution in [0.25, 0.3) is 10.6 Å². The van der Waals surface area contributed by atoms with Gasteiger partial charge >= 0.3 is 0 Å². The zero-order valence-electron chi connectivity index (χ0n) is 15.2. The molecule has 9 heteroatoms. The van der Waals surface area contributed by atoms with Crippen molar-refractivity contribution in [2.24, 2.45) is 0 Å². The first-order chi connectivity index (χ1) is 13.4. The van der Waals surface area contributed by atoms with Gasteiger partial charge < -0.3 is 10.1 Å². The Kier molecular flexibility index (Phi) is 6.37. The molecular weight excluding hydrogens is 398 g/mol. The van der Waals surface area contributed by atoms with Crippen molar-refractivity contribution < 1.29 is 17.9 Å². The van der Waals surface area contributed by atoms with Gasteiger partial charge in [-0.25, -0.2) is 8.42 Å². The van der Waals surface area contributed by atoms with Crippen LogP contribution in [0.1, 0.15) is 12.8 Å². The van der Waals surface area contributed by atoms with Gasteiger partial charge in [-0.2, -0.15) is 0 Å². The molecule has 3 rings (SSSR count). The van der Waals surface area contributed by atoms with E-state index < -0.39 is 9.84 Å². The average Bonchev–Trinajstić information content (AvgIpc) is 3.14. The van der Waals surface area contributed by atoms with Crippen LogP contribution >= 0.6 is 11.3 Å². The molecular formula is C19H19N3O4S2. The number of sulfone groups is 1. The predicted molar refractivity (Wildman–Crippen MR) is 108 cm³/mol. The summed E-state index contributed by atoms with van der Waals surface area (Å²) < 4.78 is 28.4. The number of anilines is 1. The number of carbonyl (C=O) groups excluding carboxylic acids is 1. The average molecular weight is 418 g/mol. The number of hydrogen-bond donors (Lipinski definition) is 1. The van der Waals surface area contributed by atoms with Crippen LogP contribution in [-0.2, 0) is 14.6 Å². The third kappa shape index (κ3) is 5.61. The van der Waals surface area contributed by atoms with E-state index in [1.165, 1.54) is 23.5 Å². The van der Waals surface area contributed by atoms with Crippen LogP contribution < -0.4 is 10.1 Å². The van der Waals surface area contributed by atoms with E-state index in [9.17, 15) is 13.2 Å². The smallest absolute Gasteiger partial charge is 0.226 e. The van der Waals surface area contributed by atoms with Crippen LogP contribution in [0.2, 0.25) is 0 Å². The van der Waals surface area contributed by atoms with Gasteiger partial charge in [0.15, 0.2) is 9.84 Å². The number of carbonyl (C=O) groups is 1. The Morgan fingerprint density at radius 1 is 1.07 bits per heavy atom. The normalized spacial score (nSPS) is 11.2. The zero-order valence-corrected chi connectivity index (χ0v) is 16.8. The van der Waals surface area contributed by atoms with Gasteiger partial charge in [-0.1, -0.05) is 41.7 Å². The minimum Gasteiger partial charge on any atom is -0.494 e. The Hall–Kier alpha value is -2.78. The van der Waals surface area contributed by atoms with Gasteiger partial charge in [-0.05, 0) is 30.7 Å². The van der Waals surface area contributed by atoms with Gasteiger partial charge in [0.1, 0.15) is 10.8 Å². The number of nitrogens with one attached hydrogen (secondary N) is 1. The number of amides is 1. The lowest BCUT2D eigenvalue weighted by molar-refractivity contribution is -0.116. The van der Waals surface area contributed by atoms with Crippen molar-refractivity contribution >= 4 is 32.2 Å². The largest absolute Gasteiger partial charge is 0.494 e. The number of rotatable bonds is 8. The first kappa shape index (κ1) is 20.0. The standard InChI is InChI=1S/C19H19N3O4S2/c1-28(24,25)16-11-9-15(10-12-16)26-13-5-8-17(23)20-19-22-21-18(27-19)14-6-3-2-4-7-14/h2-4,6-7,9-12H,5,8,13H2,1H3,(H,20,22,23). The quantitative estimate of drug-likeness (QED) is 0.564. The van der Waals surface area contributed by atoms with E-state index in [0.29, 0.717) is 23.9 Å². The lowest BCUT2D eigenvalue weighted by Gasteiger charge is -2.06. The maximum Gasteiger partial charge on any atom is 0.226 e. The summed E-state index contributed by atoms with van der Waals surface area (Å²) in [6.45, 7) is 0.344. The lowest BCUT2D eigenvalue weighted by Crippen LogP contribution is -2.12. The van der Waals surface area contributed by atoms with Crippen LogP contribution in [0, 0.1) is 0 Å². The molecule has 0 radical (unpaired) electrons. The fourth-order valence-electron chi connectivity index (χ4n) is 2.36. The van der Waals surface area contributed by atoms with Crippen LogP contribution in [0.15, 0.2) is 59.5 Å². The first-order valence-corrected chi connectivity index (χ1v) is 11.2. The Bertz CT molecular complexity index is 1030. The minimum absolute atomic E-state index is 0.160. The van der Waals surface area contributed by atoms with Gasteiger partial charge in [0.2, 0.25) is 11.0 Å². The second-order valence-electron chi connectivity index (χ2n) is 6.02. The van der Waals surface area contributed by atoms with Crippen molar-refractivity contribution in [2.75, 3.05) is 18.2 Å². The van der Waals surface area contributed by atoms with Crippen molar-refractivity contribution in [3.8, 4) is 16.3 Å². The van der Waals surface area contributed by atoms with E-state index in [1.54, 1.807) is 12.1 Å². The van der Waals surface area contributed by atoms with E-state index in [1.807, 2.05) is 30.3 Å². The van der Waals surface area contributed by atoms with Crippen molar-refractivity contribution in [1.82, 2.24) is 10.2 Å². The molecule has 1 amide bonds. The highest BCUT2D eigenvalue weighted by Gasteiger charge is 2.10. The molecule has 0 fully saturated rings. The number of benzene rings is 2. The molecule has 0 spiro atoms. The summed E-state index contributed by atoms with van der Waals surface area (Å²) in [6.07, 6.45) is 1.95. The Morgan fingerprint density at radius 3 is 2.46 bits per heavy atom. The topological polar surface area (TPSA) is 98.2 Å². The van der Waals surface area contributed by atoms with Crippen LogP contribution in [0.4, 0.5) is 5.13 Å². The molecule has 1 heterocycles. The molecule has 0 saturated heterocycles. The highest BCUT2D eigenvalue weighted by Crippen LogP contribution is 2.26. The van der Waals surface area contributed by atoms with E-state index in [0.717, 1.165) is 16.8 Å². The molecule has 0 unspecified atom stereocenters. The monoisotopic (exact) mass is 417 g/mol. The summed E-state index contributed by atoms with van der Waals surface area (Å²) in [5, 5.41) is 12.0. The van der Waals surface area contributed by atoms with Gasteiger partial charge in [0.25, 0.3) is 0 Å². The molecule has 146 valence electrons. The predicted octanol–water partition coefficient (Wildman–Crippen LogP) is 3.41. The molecule has 0 aliphatic heterocycles. The molecule has 1 N–H and O–H groups in total. The van der Waals surface area contributed by atoms with E-state index in [-0.39, 0.29) is 17.2 Å². The SMILES string of the molecule is CS(=O)(=O)c1ccc(OCCCC(=O)Nc2nnc(-c3ccccc3)s2)cc1. The number of hydrogen-bond acceptors (Lipinski definition) is 7. The minimum atomic E-state index is -3.22. The fraction of sp³-hybridized carbons (Fsp3) is 0.211. The number of ether oxygens (including phenoxy) is 1. The van der Waals surface area contributed by atoms with Crippen molar-refractivity contribution in [2.45, 2.75) is 17.7 Å². The molecule has 0 saturated carbocycles.